The Morgan fingerprint density at radius 1 is 1.38 bits per heavy atom. The van der Waals surface area contributed by atoms with Crippen molar-refractivity contribution in [3.05, 3.63) is 35.4 Å². The van der Waals surface area contributed by atoms with Crippen molar-refractivity contribution >= 4 is 17.7 Å². The van der Waals surface area contributed by atoms with E-state index in [9.17, 15) is 18.0 Å². The molecule has 0 radical (unpaired) electrons. The highest BCUT2D eigenvalue weighted by Crippen LogP contribution is 2.44. The van der Waals surface area contributed by atoms with Gasteiger partial charge in [-0.2, -0.15) is 13.2 Å². The van der Waals surface area contributed by atoms with Gasteiger partial charge in [0, 0.05) is 18.7 Å². The lowest BCUT2D eigenvalue weighted by atomic mass is 10.1. The molecular formula is C15H18F3NOS. The van der Waals surface area contributed by atoms with Crippen LogP contribution in [0.25, 0.3) is 0 Å². The van der Waals surface area contributed by atoms with Crippen LogP contribution in [-0.4, -0.2) is 23.1 Å². The van der Waals surface area contributed by atoms with Crippen LogP contribution in [0.3, 0.4) is 0 Å². The molecule has 1 aliphatic rings. The van der Waals surface area contributed by atoms with E-state index in [2.05, 4.69) is 0 Å². The Balaban J connectivity index is 2.31. The van der Waals surface area contributed by atoms with Gasteiger partial charge in [0.15, 0.2) is 0 Å². The molecule has 1 heterocycles. The highest BCUT2D eigenvalue weighted by molar-refractivity contribution is 7.99. The van der Waals surface area contributed by atoms with Crippen molar-refractivity contribution < 1.29 is 18.0 Å². The molecule has 1 atom stereocenters. The third kappa shape index (κ3) is 3.73. The fourth-order valence-corrected chi connectivity index (χ4v) is 3.73. The Morgan fingerprint density at radius 3 is 2.67 bits per heavy atom. The van der Waals surface area contributed by atoms with Crippen LogP contribution in [-0.2, 0) is 11.0 Å². The molecule has 0 aromatic heterocycles. The molecule has 1 aromatic rings. The Hall–Kier alpha value is -1.17. The number of carbonyl (C=O) groups excluding carboxylic acids is 1. The predicted octanol–water partition coefficient (Wildman–Crippen LogP) is 4.33. The van der Waals surface area contributed by atoms with Crippen LogP contribution in [0.2, 0.25) is 0 Å². The monoisotopic (exact) mass is 317 g/mol. The molecule has 0 bridgehead atoms. The minimum atomic E-state index is -4.40. The fraction of sp³-hybridized carbons (Fsp3) is 0.533. The van der Waals surface area contributed by atoms with Crippen LogP contribution in [0.5, 0.6) is 0 Å². The molecule has 1 saturated heterocycles. The third-order valence-corrected chi connectivity index (χ3v) is 4.57. The minimum absolute atomic E-state index is 0.0722. The van der Waals surface area contributed by atoms with Gasteiger partial charge in [-0.15, -0.1) is 11.8 Å². The first-order chi connectivity index (χ1) is 9.80. The summed E-state index contributed by atoms with van der Waals surface area (Å²) < 4.78 is 39.4. The van der Waals surface area contributed by atoms with Crippen LogP contribution in [0.1, 0.15) is 36.8 Å². The van der Waals surface area contributed by atoms with Gasteiger partial charge < -0.3 is 4.90 Å². The van der Waals surface area contributed by atoms with Crippen molar-refractivity contribution in [2.24, 2.45) is 5.92 Å². The second kappa shape index (κ2) is 6.30. The summed E-state index contributed by atoms with van der Waals surface area (Å²) in [6.45, 7) is 4.37. The van der Waals surface area contributed by atoms with Gasteiger partial charge in [0.2, 0.25) is 5.91 Å². The number of thioether (sulfide) groups is 1. The zero-order valence-electron chi connectivity index (χ0n) is 12.0. The maximum Gasteiger partial charge on any atom is 0.416 e. The van der Waals surface area contributed by atoms with E-state index >= 15 is 0 Å². The summed E-state index contributed by atoms with van der Waals surface area (Å²) in [6, 6.07) is 5.53. The number of hydrogen-bond donors (Lipinski definition) is 0. The zero-order chi connectivity index (χ0) is 15.6. The van der Waals surface area contributed by atoms with E-state index in [1.54, 1.807) is 11.0 Å². The van der Waals surface area contributed by atoms with Crippen LogP contribution >= 0.6 is 11.8 Å². The summed E-state index contributed by atoms with van der Waals surface area (Å²) in [5.41, 5.74) is -0.462. The van der Waals surface area contributed by atoms with Crippen molar-refractivity contribution in [2.45, 2.75) is 31.8 Å². The standard InChI is InChI=1S/C15H18F3NOS/c1-10(2)9-13(20)19-7-8-21-14(19)11-5-3-4-6-12(11)15(16,17)18/h3-6,10,14H,7-9H2,1-2H3/t14-/m1/s1. The number of amides is 1. The van der Waals surface area contributed by atoms with Crippen molar-refractivity contribution in [3.63, 3.8) is 0 Å². The molecule has 2 nitrogen and oxygen atoms in total. The molecule has 0 aliphatic carbocycles. The SMILES string of the molecule is CC(C)CC(=O)N1CCS[C@@H]1c1ccccc1C(F)(F)F. The predicted molar refractivity (Wildman–Crippen MR) is 77.8 cm³/mol. The van der Waals surface area contributed by atoms with E-state index in [1.165, 1.54) is 23.9 Å². The quantitative estimate of drug-likeness (QED) is 0.827. The lowest BCUT2D eigenvalue weighted by Crippen LogP contribution is -2.32. The molecule has 0 saturated carbocycles. The Morgan fingerprint density at radius 2 is 2.05 bits per heavy atom. The summed E-state index contributed by atoms with van der Waals surface area (Å²) in [5, 5.41) is -0.533. The van der Waals surface area contributed by atoms with E-state index in [4.69, 9.17) is 0 Å². The molecule has 0 spiro atoms. The number of alkyl halides is 3. The van der Waals surface area contributed by atoms with E-state index in [1.807, 2.05) is 13.8 Å². The molecule has 2 rings (SSSR count). The summed E-state index contributed by atoms with van der Waals surface area (Å²) in [5.74, 6) is 0.791. The smallest absolute Gasteiger partial charge is 0.326 e. The summed E-state index contributed by atoms with van der Waals surface area (Å²) in [7, 11) is 0. The van der Waals surface area contributed by atoms with E-state index in [0.717, 1.165) is 6.07 Å². The maximum absolute atomic E-state index is 13.1. The van der Waals surface area contributed by atoms with Gasteiger partial charge in [-0.05, 0) is 17.5 Å². The first-order valence-corrected chi connectivity index (χ1v) is 7.92. The third-order valence-electron chi connectivity index (χ3n) is 3.33. The molecule has 1 amide bonds. The summed E-state index contributed by atoms with van der Waals surface area (Å²) in [6.07, 6.45) is -4.03. The highest BCUT2D eigenvalue weighted by Gasteiger charge is 2.39. The van der Waals surface area contributed by atoms with Crippen LogP contribution in [0, 0.1) is 5.92 Å². The minimum Gasteiger partial charge on any atom is -0.326 e. The van der Waals surface area contributed by atoms with Crippen molar-refractivity contribution in [1.82, 2.24) is 4.90 Å². The first-order valence-electron chi connectivity index (χ1n) is 6.88. The van der Waals surface area contributed by atoms with Gasteiger partial charge >= 0.3 is 6.18 Å². The van der Waals surface area contributed by atoms with Crippen LogP contribution in [0.15, 0.2) is 24.3 Å². The van der Waals surface area contributed by atoms with Gasteiger partial charge in [0.25, 0.3) is 0 Å². The highest BCUT2D eigenvalue weighted by atomic mass is 32.2. The lowest BCUT2D eigenvalue weighted by molar-refractivity contribution is -0.140. The molecular weight excluding hydrogens is 299 g/mol. The Kier molecular flexibility index (Phi) is 4.86. The topological polar surface area (TPSA) is 20.3 Å². The number of halogens is 3. The van der Waals surface area contributed by atoms with Gasteiger partial charge in [-0.3, -0.25) is 4.79 Å². The molecule has 1 aromatic carbocycles. The number of benzene rings is 1. The molecule has 0 N–H and O–H groups in total. The first kappa shape index (κ1) is 16.2. The molecule has 21 heavy (non-hydrogen) atoms. The zero-order valence-corrected chi connectivity index (χ0v) is 12.8. The average Bonchev–Trinajstić information content (AvgIpc) is 2.86. The second-order valence-electron chi connectivity index (χ2n) is 5.49. The summed E-state index contributed by atoms with van der Waals surface area (Å²) in [4.78, 5) is 13.8. The number of carbonyl (C=O) groups is 1. The fourth-order valence-electron chi connectivity index (χ4n) is 2.42. The second-order valence-corrected chi connectivity index (χ2v) is 6.68. The maximum atomic E-state index is 13.1. The summed E-state index contributed by atoms with van der Waals surface area (Å²) >= 11 is 1.39. The molecule has 1 aliphatic heterocycles. The van der Waals surface area contributed by atoms with Gasteiger partial charge in [0.05, 0.1) is 5.56 Å². The number of hydrogen-bond acceptors (Lipinski definition) is 2. The number of rotatable bonds is 3. The van der Waals surface area contributed by atoms with Gasteiger partial charge in [-0.25, -0.2) is 0 Å². The van der Waals surface area contributed by atoms with Crippen molar-refractivity contribution in [1.29, 1.82) is 0 Å². The Labute approximate surface area is 126 Å². The largest absolute Gasteiger partial charge is 0.416 e. The van der Waals surface area contributed by atoms with Gasteiger partial charge in [-0.1, -0.05) is 32.0 Å². The normalized spacial score (nSPS) is 19.3. The molecule has 116 valence electrons. The number of nitrogens with zero attached hydrogens (tertiary/aromatic N) is 1. The average molecular weight is 317 g/mol. The van der Waals surface area contributed by atoms with E-state index in [-0.39, 0.29) is 17.4 Å². The van der Waals surface area contributed by atoms with Crippen LogP contribution in [0.4, 0.5) is 13.2 Å². The molecule has 6 heteroatoms. The lowest BCUT2D eigenvalue weighted by Gasteiger charge is -2.27. The molecule has 1 fully saturated rings. The van der Waals surface area contributed by atoms with Crippen molar-refractivity contribution in [2.75, 3.05) is 12.3 Å². The van der Waals surface area contributed by atoms with Gasteiger partial charge in [0.1, 0.15) is 5.37 Å². The van der Waals surface area contributed by atoms with E-state index in [0.29, 0.717) is 18.7 Å². The Bertz CT molecular complexity index is 516. The van der Waals surface area contributed by atoms with Crippen molar-refractivity contribution in [3.8, 4) is 0 Å². The van der Waals surface area contributed by atoms with Crippen LogP contribution < -0.4 is 0 Å². The molecule has 0 unspecified atom stereocenters. The van der Waals surface area contributed by atoms with E-state index < -0.39 is 17.1 Å².